The van der Waals surface area contributed by atoms with Gasteiger partial charge in [-0.25, -0.2) is 4.39 Å². The summed E-state index contributed by atoms with van der Waals surface area (Å²) in [6.07, 6.45) is 1.44. The number of hydrogen-bond donors (Lipinski definition) is 1. The molecule has 0 bridgehead atoms. The first kappa shape index (κ1) is 14.9. The predicted molar refractivity (Wildman–Crippen MR) is 74.6 cm³/mol. The van der Waals surface area contributed by atoms with Gasteiger partial charge in [0.05, 0.1) is 12.6 Å². The maximum Gasteiger partial charge on any atom is 0.241 e. The van der Waals surface area contributed by atoms with Gasteiger partial charge in [0.1, 0.15) is 12.0 Å². The van der Waals surface area contributed by atoms with Crippen molar-refractivity contribution in [2.45, 2.75) is 32.0 Å². The Labute approximate surface area is 118 Å². The molecule has 1 N–H and O–H groups in total. The molecule has 0 spiro atoms. The van der Waals surface area contributed by atoms with Crippen LogP contribution in [-0.2, 0) is 9.53 Å². The molecule has 20 heavy (non-hydrogen) atoms. The number of nitrogens with zero attached hydrogens (tertiary/aromatic N) is 1. The summed E-state index contributed by atoms with van der Waals surface area (Å²) in [5.41, 5.74) is 0.771. The molecular weight excluding hydrogens is 259 g/mol. The number of ether oxygens (including phenoxy) is 1. The van der Waals surface area contributed by atoms with Gasteiger partial charge in [-0.05, 0) is 24.1 Å². The van der Waals surface area contributed by atoms with Gasteiger partial charge in [0, 0.05) is 13.7 Å². The monoisotopic (exact) mass is 280 g/mol. The van der Waals surface area contributed by atoms with E-state index in [1.807, 2.05) is 13.0 Å². The average Bonchev–Trinajstić information content (AvgIpc) is 2.74. The van der Waals surface area contributed by atoms with Crippen LogP contribution in [0.5, 0.6) is 0 Å². The molecule has 1 saturated heterocycles. The van der Waals surface area contributed by atoms with Gasteiger partial charge in [-0.3, -0.25) is 10.1 Å². The number of halogens is 1. The molecule has 2 atom stereocenters. The third-order valence-corrected chi connectivity index (χ3v) is 3.53. The van der Waals surface area contributed by atoms with E-state index in [2.05, 4.69) is 5.32 Å². The number of methoxy groups -OCH3 is 1. The number of benzene rings is 1. The Morgan fingerprint density at radius 3 is 2.90 bits per heavy atom. The molecule has 1 aromatic carbocycles. The lowest BCUT2D eigenvalue weighted by Gasteiger charge is -2.24. The first-order valence-corrected chi connectivity index (χ1v) is 6.98. The van der Waals surface area contributed by atoms with Crippen LogP contribution in [0.15, 0.2) is 24.3 Å². The number of hydrogen-bond acceptors (Lipinski definition) is 3. The molecule has 0 saturated carbocycles. The van der Waals surface area contributed by atoms with Gasteiger partial charge >= 0.3 is 0 Å². The number of carbonyl (C=O) groups is 1. The summed E-state index contributed by atoms with van der Waals surface area (Å²) in [4.78, 5) is 14.1. The largest absolute Gasteiger partial charge is 0.383 e. The first-order chi connectivity index (χ1) is 9.67. The van der Waals surface area contributed by atoms with E-state index in [1.165, 1.54) is 12.1 Å². The van der Waals surface area contributed by atoms with Crippen LogP contribution < -0.4 is 5.32 Å². The molecular formula is C15H21FN2O2. The van der Waals surface area contributed by atoms with E-state index in [9.17, 15) is 9.18 Å². The van der Waals surface area contributed by atoms with E-state index in [1.54, 1.807) is 18.1 Å². The van der Waals surface area contributed by atoms with Gasteiger partial charge in [0.15, 0.2) is 0 Å². The zero-order chi connectivity index (χ0) is 14.5. The van der Waals surface area contributed by atoms with Crippen molar-refractivity contribution in [3.8, 4) is 0 Å². The van der Waals surface area contributed by atoms with Gasteiger partial charge in [0.2, 0.25) is 5.91 Å². The number of nitrogens with one attached hydrogen (secondary N) is 1. The zero-order valence-electron chi connectivity index (χ0n) is 11.9. The third kappa shape index (κ3) is 3.16. The third-order valence-electron chi connectivity index (χ3n) is 3.53. The van der Waals surface area contributed by atoms with Crippen molar-refractivity contribution in [2.75, 3.05) is 20.3 Å². The average molecular weight is 280 g/mol. The molecule has 1 fully saturated rings. The van der Waals surface area contributed by atoms with Crippen LogP contribution >= 0.6 is 0 Å². The van der Waals surface area contributed by atoms with Crippen LogP contribution in [-0.4, -0.2) is 37.1 Å². The molecule has 110 valence electrons. The molecule has 1 aliphatic heterocycles. The summed E-state index contributed by atoms with van der Waals surface area (Å²) in [7, 11) is 1.61. The molecule has 0 aliphatic carbocycles. The highest BCUT2D eigenvalue weighted by molar-refractivity contribution is 5.84. The van der Waals surface area contributed by atoms with E-state index >= 15 is 0 Å². The molecule has 5 heteroatoms. The zero-order valence-corrected chi connectivity index (χ0v) is 11.9. The lowest BCUT2D eigenvalue weighted by Crippen LogP contribution is -2.33. The van der Waals surface area contributed by atoms with Crippen LogP contribution in [0.1, 0.15) is 31.5 Å². The van der Waals surface area contributed by atoms with Crippen LogP contribution in [0.2, 0.25) is 0 Å². The molecule has 0 radical (unpaired) electrons. The second kappa shape index (κ2) is 6.81. The predicted octanol–water partition coefficient (Wildman–Crippen LogP) is 2.07. The Morgan fingerprint density at radius 1 is 1.45 bits per heavy atom. The molecule has 1 amide bonds. The van der Waals surface area contributed by atoms with Gasteiger partial charge in [-0.1, -0.05) is 25.5 Å². The summed E-state index contributed by atoms with van der Waals surface area (Å²) in [6, 6.07) is 6.19. The maximum atomic E-state index is 13.4. The highest BCUT2D eigenvalue weighted by Gasteiger charge is 2.38. The normalized spacial score (nSPS) is 22.6. The number of carbonyl (C=O) groups excluding carboxylic acids is 1. The lowest BCUT2D eigenvalue weighted by molar-refractivity contribution is -0.130. The van der Waals surface area contributed by atoms with Gasteiger partial charge in [-0.15, -0.1) is 0 Å². The molecule has 0 aromatic heterocycles. The van der Waals surface area contributed by atoms with Crippen molar-refractivity contribution in [1.29, 1.82) is 0 Å². The van der Waals surface area contributed by atoms with E-state index < -0.39 is 0 Å². The van der Waals surface area contributed by atoms with Crippen LogP contribution in [0.25, 0.3) is 0 Å². The van der Waals surface area contributed by atoms with Crippen molar-refractivity contribution in [1.82, 2.24) is 10.2 Å². The Balaban J connectivity index is 2.21. The van der Waals surface area contributed by atoms with Crippen LogP contribution in [0, 0.1) is 5.82 Å². The highest BCUT2D eigenvalue weighted by Crippen LogP contribution is 2.27. The lowest BCUT2D eigenvalue weighted by atomic mass is 10.1. The SMILES string of the molecule is CCCC1NC(c2cccc(F)c2)N(CCOC)C1=O. The van der Waals surface area contributed by atoms with E-state index in [0.717, 1.165) is 18.4 Å². The summed E-state index contributed by atoms with van der Waals surface area (Å²) < 4.78 is 18.4. The van der Waals surface area contributed by atoms with E-state index in [-0.39, 0.29) is 23.9 Å². The molecule has 2 unspecified atom stereocenters. The second-order valence-electron chi connectivity index (χ2n) is 4.99. The van der Waals surface area contributed by atoms with E-state index in [4.69, 9.17) is 4.74 Å². The summed E-state index contributed by atoms with van der Waals surface area (Å²) in [5.74, 6) is -0.222. The maximum absolute atomic E-state index is 13.4. The Morgan fingerprint density at radius 2 is 2.25 bits per heavy atom. The van der Waals surface area contributed by atoms with Crippen LogP contribution in [0.3, 0.4) is 0 Å². The number of amides is 1. The first-order valence-electron chi connectivity index (χ1n) is 6.98. The smallest absolute Gasteiger partial charge is 0.241 e. The van der Waals surface area contributed by atoms with Crippen LogP contribution in [0.4, 0.5) is 4.39 Å². The summed E-state index contributed by atoms with van der Waals surface area (Å²) in [5, 5.41) is 3.30. The number of rotatable bonds is 6. The highest BCUT2D eigenvalue weighted by atomic mass is 19.1. The minimum absolute atomic E-state index is 0.0677. The molecule has 1 aromatic rings. The molecule has 4 nitrogen and oxygen atoms in total. The Bertz CT molecular complexity index is 467. The molecule has 1 heterocycles. The standard InChI is InChI=1S/C15H21FN2O2/c1-3-5-13-15(19)18(8-9-20-2)14(17-13)11-6-4-7-12(16)10-11/h4,6-7,10,13-14,17H,3,5,8-9H2,1-2H3. The summed E-state index contributed by atoms with van der Waals surface area (Å²) >= 11 is 0. The molecule has 1 aliphatic rings. The van der Waals surface area contributed by atoms with Gasteiger partial charge < -0.3 is 9.64 Å². The van der Waals surface area contributed by atoms with Crippen molar-refractivity contribution >= 4 is 5.91 Å². The van der Waals surface area contributed by atoms with Crippen molar-refractivity contribution in [3.05, 3.63) is 35.6 Å². The molecule has 2 rings (SSSR count). The topological polar surface area (TPSA) is 41.6 Å². The van der Waals surface area contributed by atoms with Crippen molar-refractivity contribution in [2.24, 2.45) is 0 Å². The van der Waals surface area contributed by atoms with Gasteiger partial charge in [-0.2, -0.15) is 0 Å². The second-order valence-corrected chi connectivity index (χ2v) is 4.99. The van der Waals surface area contributed by atoms with Crippen molar-refractivity contribution in [3.63, 3.8) is 0 Å². The van der Waals surface area contributed by atoms with Crippen molar-refractivity contribution < 1.29 is 13.9 Å². The van der Waals surface area contributed by atoms with Gasteiger partial charge in [0.25, 0.3) is 0 Å². The fraction of sp³-hybridized carbons (Fsp3) is 0.533. The fourth-order valence-electron chi connectivity index (χ4n) is 2.56. The van der Waals surface area contributed by atoms with E-state index in [0.29, 0.717) is 13.2 Å². The Hall–Kier alpha value is -1.46. The minimum atomic E-state index is -0.289. The Kier molecular flexibility index (Phi) is 5.09. The summed E-state index contributed by atoms with van der Waals surface area (Å²) in [6.45, 7) is 3.02. The fourth-order valence-corrected chi connectivity index (χ4v) is 2.56. The minimum Gasteiger partial charge on any atom is -0.383 e. The quantitative estimate of drug-likeness (QED) is 0.867.